The van der Waals surface area contributed by atoms with Gasteiger partial charge in [0.1, 0.15) is 0 Å². The molecule has 1 aromatic carbocycles. The Balaban J connectivity index is 2.48. The van der Waals surface area contributed by atoms with Gasteiger partial charge in [-0.3, -0.25) is 4.79 Å². The Kier molecular flexibility index (Phi) is 4.90. The minimum absolute atomic E-state index is 0.0620. The smallest absolute Gasteiger partial charge is 0.303 e. The molecule has 1 rings (SSSR count). The third-order valence-corrected chi connectivity index (χ3v) is 2.84. The van der Waals surface area contributed by atoms with E-state index in [2.05, 4.69) is 5.32 Å². The van der Waals surface area contributed by atoms with E-state index in [1.807, 2.05) is 13.0 Å². The van der Waals surface area contributed by atoms with E-state index in [1.54, 1.807) is 12.1 Å². The number of hydrogen-bond acceptors (Lipinski definition) is 2. The van der Waals surface area contributed by atoms with Crippen molar-refractivity contribution >= 4 is 34.9 Å². The van der Waals surface area contributed by atoms with Crippen LogP contribution in [0.1, 0.15) is 13.3 Å². The fourth-order valence-corrected chi connectivity index (χ4v) is 1.57. The van der Waals surface area contributed by atoms with Crippen molar-refractivity contribution in [2.24, 2.45) is 5.92 Å². The van der Waals surface area contributed by atoms with Crippen molar-refractivity contribution in [1.29, 1.82) is 0 Å². The molecule has 88 valence electrons. The Morgan fingerprint density at radius 1 is 1.44 bits per heavy atom. The lowest BCUT2D eigenvalue weighted by Crippen LogP contribution is -2.14. The highest BCUT2D eigenvalue weighted by Crippen LogP contribution is 2.25. The lowest BCUT2D eigenvalue weighted by Gasteiger charge is -2.11. The summed E-state index contributed by atoms with van der Waals surface area (Å²) in [5, 5.41) is 12.7. The number of hydrogen-bond donors (Lipinski definition) is 2. The summed E-state index contributed by atoms with van der Waals surface area (Å²) in [7, 11) is 0. The van der Waals surface area contributed by atoms with Crippen molar-refractivity contribution in [1.82, 2.24) is 0 Å². The molecule has 0 aromatic heterocycles. The molecule has 3 nitrogen and oxygen atoms in total. The van der Waals surface area contributed by atoms with Gasteiger partial charge in [-0.15, -0.1) is 0 Å². The zero-order valence-corrected chi connectivity index (χ0v) is 10.3. The van der Waals surface area contributed by atoms with Gasteiger partial charge < -0.3 is 10.4 Å². The molecule has 1 aromatic rings. The molecule has 0 radical (unpaired) electrons. The number of nitrogens with one attached hydrogen (secondary N) is 1. The number of anilines is 1. The number of carboxylic acids is 1. The van der Waals surface area contributed by atoms with Crippen LogP contribution in [0.15, 0.2) is 18.2 Å². The van der Waals surface area contributed by atoms with E-state index in [0.29, 0.717) is 16.6 Å². The van der Waals surface area contributed by atoms with Crippen molar-refractivity contribution in [3.63, 3.8) is 0 Å². The summed E-state index contributed by atoms with van der Waals surface area (Å²) in [5.41, 5.74) is 0.839. The first-order valence-electron chi connectivity index (χ1n) is 4.89. The van der Waals surface area contributed by atoms with Crippen LogP contribution in [-0.2, 0) is 4.79 Å². The SMILES string of the molecule is CC(CNc1ccc(Cl)c(Cl)c1)CC(=O)O. The van der Waals surface area contributed by atoms with Crippen LogP contribution in [0, 0.1) is 5.92 Å². The van der Waals surface area contributed by atoms with Gasteiger partial charge in [0.25, 0.3) is 0 Å². The summed E-state index contributed by atoms with van der Waals surface area (Å²) in [6.07, 6.45) is 0.147. The standard InChI is InChI=1S/C11H13Cl2NO2/c1-7(4-11(15)16)6-14-8-2-3-9(12)10(13)5-8/h2-3,5,7,14H,4,6H2,1H3,(H,15,16). The summed E-state index contributed by atoms with van der Waals surface area (Å²) < 4.78 is 0. The van der Waals surface area contributed by atoms with Crippen molar-refractivity contribution in [2.45, 2.75) is 13.3 Å². The molecule has 0 aliphatic heterocycles. The van der Waals surface area contributed by atoms with Crippen LogP contribution in [0.25, 0.3) is 0 Å². The molecule has 0 heterocycles. The highest BCUT2D eigenvalue weighted by molar-refractivity contribution is 6.42. The predicted octanol–water partition coefficient (Wildman–Crippen LogP) is 3.52. The Labute approximate surface area is 104 Å². The summed E-state index contributed by atoms with van der Waals surface area (Å²) in [6, 6.07) is 5.23. The Morgan fingerprint density at radius 3 is 2.69 bits per heavy atom. The molecule has 0 fully saturated rings. The van der Waals surface area contributed by atoms with Gasteiger partial charge in [-0.2, -0.15) is 0 Å². The molecule has 5 heteroatoms. The molecular weight excluding hydrogens is 249 g/mol. The van der Waals surface area contributed by atoms with Crippen LogP contribution in [0.2, 0.25) is 10.0 Å². The zero-order chi connectivity index (χ0) is 12.1. The monoisotopic (exact) mass is 261 g/mol. The van der Waals surface area contributed by atoms with E-state index in [4.69, 9.17) is 28.3 Å². The fourth-order valence-electron chi connectivity index (χ4n) is 1.27. The topological polar surface area (TPSA) is 49.3 Å². The molecule has 0 aliphatic carbocycles. The molecular formula is C11H13Cl2NO2. The average molecular weight is 262 g/mol. The molecule has 1 atom stereocenters. The number of aliphatic carboxylic acids is 1. The number of benzene rings is 1. The van der Waals surface area contributed by atoms with Crippen LogP contribution in [0.5, 0.6) is 0 Å². The van der Waals surface area contributed by atoms with Crippen molar-refractivity contribution in [3.05, 3.63) is 28.2 Å². The predicted molar refractivity (Wildman–Crippen MR) is 66.4 cm³/mol. The first kappa shape index (κ1) is 13.1. The average Bonchev–Trinajstić information content (AvgIpc) is 2.19. The van der Waals surface area contributed by atoms with E-state index in [9.17, 15) is 4.79 Å². The molecule has 2 N–H and O–H groups in total. The third kappa shape index (κ3) is 4.29. The van der Waals surface area contributed by atoms with Crippen molar-refractivity contribution < 1.29 is 9.90 Å². The summed E-state index contributed by atoms with van der Waals surface area (Å²) in [4.78, 5) is 10.5. The number of halogens is 2. The normalized spacial score (nSPS) is 12.2. The summed E-state index contributed by atoms with van der Waals surface area (Å²) >= 11 is 11.6. The molecule has 0 aliphatic rings. The third-order valence-electron chi connectivity index (χ3n) is 2.10. The van der Waals surface area contributed by atoms with Gasteiger partial charge in [0, 0.05) is 18.7 Å². The van der Waals surface area contributed by atoms with E-state index < -0.39 is 5.97 Å². The molecule has 0 saturated heterocycles. The van der Waals surface area contributed by atoms with Crippen LogP contribution in [0.3, 0.4) is 0 Å². The lowest BCUT2D eigenvalue weighted by molar-refractivity contribution is -0.137. The lowest BCUT2D eigenvalue weighted by atomic mass is 10.1. The van der Waals surface area contributed by atoms with E-state index >= 15 is 0 Å². The van der Waals surface area contributed by atoms with E-state index in [1.165, 1.54) is 0 Å². The van der Waals surface area contributed by atoms with Crippen LogP contribution < -0.4 is 5.32 Å². The Morgan fingerprint density at radius 2 is 2.12 bits per heavy atom. The van der Waals surface area contributed by atoms with Crippen molar-refractivity contribution in [2.75, 3.05) is 11.9 Å². The number of carboxylic acid groups (broad SMARTS) is 1. The summed E-state index contributed by atoms with van der Waals surface area (Å²) in [5.74, 6) is -0.726. The quantitative estimate of drug-likeness (QED) is 0.853. The fraction of sp³-hybridized carbons (Fsp3) is 0.364. The minimum Gasteiger partial charge on any atom is -0.481 e. The number of rotatable bonds is 5. The van der Waals surface area contributed by atoms with Gasteiger partial charge >= 0.3 is 5.97 Å². The maximum atomic E-state index is 10.5. The Bertz CT molecular complexity index is 382. The zero-order valence-electron chi connectivity index (χ0n) is 8.84. The van der Waals surface area contributed by atoms with Gasteiger partial charge in [0.05, 0.1) is 10.0 Å². The van der Waals surface area contributed by atoms with Crippen molar-refractivity contribution in [3.8, 4) is 0 Å². The first-order valence-corrected chi connectivity index (χ1v) is 5.65. The molecule has 1 unspecified atom stereocenters. The van der Waals surface area contributed by atoms with Gasteiger partial charge in [0.2, 0.25) is 0 Å². The highest BCUT2D eigenvalue weighted by atomic mass is 35.5. The molecule has 0 spiro atoms. The minimum atomic E-state index is -0.788. The van der Waals surface area contributed by atoms with Crippen LogP contribution >= 0.6 is 23.2 Å². The van der Waals surface area contributed by atoms with Gasteiger partial charge in [-0.25, -0.2) is 0 Å². The second-order valence-corrected chi connectivity index (χ2v) is 4.53. The van der Waals surface area contributed by atoms with Gasteiger partial charge in [-0.05, 0) is 24.1 Å². The molecule has 0 amide bonds. The van der Waals surface area contributed by atoms with Crippen LogP contribution in [0.4, 0.5) is 5.69 Å². The maximum absolute atomic E-state index is 10.5. The second-order valence-electron chi connectivity index (χ2n) is 3.71. The van der Waals surface area contributed by atoms with E-state index in [-0.39, 0.29) is 12.3 Å². The van der Waals surface area contributed by atoms with Crippen LogP contribution in [-0.4, -0.2) is 17.6 Å². The Hall–Kier alpha value is -0.930. The molecule has 0 bridgehead atoms. The largest absolute Gasteiger partial charge is 0.481 e. The second kappa shape index (κ2) is 5.97. The first-order chi connectivity index (χ1) is 7.49. The van der Waals surface area contributed by atoms with Gasteiger partial charge in [0.15, 0.2) is 0 Å². The van der Waals surface area contributed by atoms with E-state index in [0.717, 1.165) is 5.69 Å². The highest BCUT2D eigenvalue weighted by Gasteiger charge is 2.07. The molecule has 0 saturated carbocycles. The maximum Gasteiger partial charge on any atom is 0.303 e. The van der Waals surface area contributed by atoms with Gasteiger partial charge in [-0.1, -0.05) is 30.1 Å². The summed E-state index contributed by atoms with van der Waals surface area (Å²) in [6.45, 7) is 2.46. The number of carbonyl (C=O) groups is 1. The molecule has 16 heavy (non-hydrogen) atoms.